The lowest BCUT2D eigenvalue weighted by Crippen LogP contribution is -2.28. The van der Waals surface area contributed by atoms with Crippen LogP contribution in [0.25, 0.3) is 32.9 Å². The highest BCUT2D eigenvalue weighted by atomic mass is 16.5. The normalized spacial score (nSPS) is 11.8. The van der Waals surface area contributed by atoms with Crippen LogP contribution in [-0.4, -0.2) is 33.5 Å². The molecule has 0 saturated heterocycles. The van der Waals surface area contributed by atoms with Crippen molar-refractivity contribution in [3.8, 4) is 11.1 Å². The van der Waals surface area contributed by atoms with E-state index in [4.69, 9.17) is 4.74 Å². The molecule has 1 N–H and O–H groups in total. The Labute approximate surface area is 188 Å². The van der Waals surface area contributed by atoms with Crippen molar-refractivity contribution in [3.63, 3.8) is 0 Å². The summed E-state index contributed by atoms with van der Waals surface area (Å²) in [6.07, 6.45) is 0.0937. The number of hydrogen-bond acceptors (Lipinski definition) is 5. The van der Waals surface area contributed by atoms with Crippen molar-refractivity contribution in [2.24, 2.45) is 0 Å². The van der Waals surface area contributed by atoms with Crippen LogP contribution >= 0.6 is 0 Å². The van der Waals surface area contributed by atoms with Crippen molar-refractivity contribution < 1.29 is 14.6 Å². The van der Waals surface area contributed by atoms with Gasteiger partial charge in [0.15, 0.2) is 0 Å². The van der Waals surface area contributed by atoms with E-state index in [-0.39, 0.29) is 19.0 Å². The molecule has 0 radical (unpaired) electrons. The molecule has 0 aliphatic carbocycles. The molecule has 0 fully saturated rings. The minimum absolute atomic E-state index is 0.0538. The third kappa shape index (κ3) is 4.21. The Hall–Kier alpha value is -3.31. The van der Waals surface area contributed by atoms with Gasteiger partial charge in [0, 0.05) is 10.8 Å². The fourth-order valence-electron chi connectivity index (χ4n) is 4.16. The van der Waals surface area contributed by atoms with E-state index in [9.17, 15) is 9.90 Å². The van der Waals surface area contributed by atoms with E-state index in [0.29, 0.717) is 0 Å². The van der Waals surface area contributed by atoms with Gasteiger partial charge in [-0.25, -0.2) is 0 Å². The highest BCUT2D eigenvalue weighted by Crippen LogP contribution is 2.38. The molecule has 1 aromatic heterocycles. The van der Waals surface area contributed by atoms with Crippen molar-refractivity contribution in [2.75, 3.05) is 6.61 Å². The molecular weight excluding hydrogens is 400 g/mol. The van der Waals surface area contributed by atoms with Gasteiger partial charge in [-0.3, -0.25) is 4.79 Å². The number of aromatic nitrogens is 2. The summed E-state index contributed by atoms with van der Waals surface area (Å²) in [5.41, 5.74) is 6.66. The van der Waals surface area contributed by atoms with E-state index >= 15 is 0 Å². The molecule has 1 heterocycles. The van der Waals surface area contributed by atoms with Crippen molar-refractivity contribution in [3.05, 3.63) is 70.8 Å². The molecule has 5 nitrogen and oxygen atoms in total. The number of fused-ring (bicyclic) bond motifs is 3. The second-order valence-corrected chi connectivity index (χ2v) is 9.06. The lowest BCUT2D eigenvalue weighted by molar-refractivity contribution is -0.149. The van der Waals surface area contributed by atoms with Gasteiger partial charge >= 0.3 is 5.97 Å². The Balaban J connectivity index is 1.96. The number of aliphatic hydroxyl groups is 1. The van der Waals surface area contributed by atoms with Crippen molar-refractivity contribution in [1.29, 1.82) is 0 Å². The summed E-state index contributed by atoms with van der Waals surface area (Å²) in [6, 6.07) is 16.3. The smallest absolute Gasteiger partial charge is 0.310 e. The average Bonchev–Trinajstić information content (AvgIpc) is 2.76. The van der Waals surface area contributed by atoms with Gasteiger partial charge in [-0.2, -0.15) is 0 Å². The molecular formula is C27H28N2O3. The number of hydrogen-bond donors (Lipinski definition) is 1. The largest absolute Gasteiger partial charge is 0.462 e. The third-order valence-electron chi connectivity index (χ3n) is 5.78. The summed E-state index contributed by atoms with van der Waals surface area (Å²) in [4.78, 5) is 12.7. The van der Waals surface area contributed by atoms with E-state index in [1.165, 1.54) is 5.56 Å². The van der Waals surface area contributed by atoms with Crippen molar-refractivity contribution in [1.82, 2.24) is 10.2 Å². The minimum Gasteiger partial charge on any atom is -0.462 e. The predicted octanol–water partition coefficient (Wildman–Crippen LogP) is 5.23. The third-order valence-corrected chi connectivity index (χ3v) is 5.78. The molecule has 0 saturated carbocycles. The number of carbonyl (C=O) groups excluding carboxylic acids is 1. The summed E-state index contributed by atoms with van der Waals surface area (Å²) in [7, 11) is 0. The molecule has 32 heavy (non-hydrogen) atoms. The number of ether oxygens (including phenoxy) is 1. The number of benzene rings is 3. The van der Waals surface area contributed by atoms with Crippen LogP contribution in [0, 0.1) is 20.8 Å². The van der Waals surface area contributed by atoms with Gasteiger partial charge in [-0.15, -0.1) is 10.2 Å². The summed E-state index contributed by atoms with van der Waals surface area (Å²) < 4.78 is 5.37. The first kappa shape index (κ1) is 21.9. The van der Waals surface area contributed by atoms with Gasteiger partial charge < -0.3 is 9.84 Å². The second kappa shape index (κ2) is 8.32. The molecule has 0 aliphatic heterocycles. The van der Waals surface area contributed by atoms with Gasteiger partial charge in [-0.1, -0.05) is 48.0 Å². The Bertz CT molecular complexity index is 1320. The molecule has 0 aliphatic rings. The van der Waals surface area contributed by atoms with Crippen molar-refractivity contribution in [2.45, 2.75) is 46.6 Å². The zero-order chi connectivity index (χ0) is 23.0. The first-order valence-electron chi connectivity index (χ1n) is 10.8. The van der Waals surface area contributed by atoms with Crippen LogP contribution in [0.3, 0.4) is 0 Å². The molecule has 0 atom stereocenters. The number of nitrogens with zero attached hydrogens (tertiary/aromatic N) is 2. The minimum atomic E-state index is -1.08. The molecule has 164 valence electrons. The van der Waals surface area contributed by atoms with E-state index in [1.807, 2.05) is 25.1 Å². The number of carbonyl (C=O) groups is 1. The van der Waals surface area contributed by atoms with Crippen LogP contribution in [0.1, 0.15) is 36.1 Å². The quantitative estimate of drug-likeness (QED) is 0.348. The number of rotatable bonds is 5. The van der Waals surface area contributed by atoms with Crippen LogP contribution < -0.4 is 0 Å². The van der Waals surface area contributed by atoms with Crippen LogP contribution in [0.2, 0.25) is 0 Å². The van der Waals surface area contributed by atoms with E-state index in [1.54, 1.807) is 13.8 Å². The lowest BCUT2D eigenvalue weighted by Gasteiger charge is -2.21. The van der Waals surface area contributed by atoms with E-state index in [0.717, 1.165) is 49.6 Å². The Morgan fingerprint density at radius 2 is 1.66 bits per heavy atom. The maximum Gasteiger partial charge on any atom is 0.310 e. The topological polar surface area (TPSA) is 72.3 Å². The molecule has 0 spiro atoms. The van der Waals surface area contributed by atoms with Crippen LogP contribution in [0.5, 0.6) is 0 Å². The van der Waals surface area contributed by atoms with Gasteiger partial charge in [0.2, 0.25) is 0 Å². The Kier molecular flexibility index (Phi) is 5.70. The van der Waals surface area contributed by atoms with Gasteiger partial charge in [0.25, 0.3) is 0 Å². The highest BCUT2D eigenvalue weighted by molar-refractivity contribution is 6.09. The standard InChI is InChI=1S/C27H28N2O3/c1-16-10-12-19(13-11-16)24-18(3)25-20-8-6-7-9-22(20)28-29-26(25)17(2)21(24)14-23(30)32-15-27(4,5)31/h6-13,31H,14-15H2,1-5H3. The lowest BCUT2D eigenvalue weighted by atomic mass is 9.86. The number of esters is 1. The van der Waals surface area contributed by atoms with Gasteiger partial charge in [-0.05, 0) is 68.5 Å². The summed E-state index contributed by atoms with van der Waals surface area (Å²) in [6.45, 7) is 9.30. The summed E-state index contributed by atoms with van der Waals surface area (Å²) in [5, 5.41) is 21.0. The fraction of sp³-hybridized carbons (Fsp3) is 0.296. The first-order valence-corrected chi connectivity index (χ1v) is 10.8. The first-order chi connectivity index (χ1) is 15.2. The molecule has 4 aromatic rings. The SMILES string of the molecule is Cc1ccc(-c2c(CC(=O)OCC(C)(C)O)c(C)c3nnc4ccccc4c3c2C)cc1. The number of aryl methyl sites for hydroxylation is 3. The van der Waals surface area contributed by atoms with Crippen molar-refractivity contribution >= 4 is 27.8 Å². The molecule has 3 aromatic carbocycles. The maximum atomic E-state index is 12.7. The zero-order valence-electron chi connectivity index (χ0n) is 19.2. The van der Waals surface area contributed by atoms with Crippen LogP contribution in [-0.2, 0) is 16.0 Å². The molecule has 0 bridgehead atoms. The zero-order valence-corrected chi connectivity index (χ0v) is 19.2. The van der Waals surface area contributed by atoms with Gasteiger partial charge in [0.05, 0.1) is 23.1 Å². The Morgan fingerprint density at radius 1 is 0.969 bits per heavy atom. The molecule has 4 rings (SSSR count). The average molecular weight is 429 g/mol. The molecule has 0 unspecified atom stereocenters. The monoisotopic (exact) mass is 428 g/mol. The van der Waals surface area contributed by atoms with Crippen LogP contribution in [0.4, 0.5) is 0 Å². The second-order valence-electron chi connectivity index (χ2n) is 9.06. The highest BCUT2D eigenvalue weighted by Gasteiger charge is 2.23. The predicted molar refractivity (Wildman–Crippen MR) is 128 cm³/mol. The summed E-state index contributed by atoms with van der Waals surface area (Å²) >= 11 is 0. The van der Waals surface area contributed by atoms with Gasteiger partial charge in [0.1, 0.15) is 6.61 Å². The molecule has 0 amide bonds. The summed E-state index contributed by atoms with van der Waals surface area (Å²) in [5.74, 6) is -0.379. The van der Waals surface area contributed by atoms with E-state index < -0.39 is 5.60 Å². The van der Waals surface area contributed by atoms with Crippen LogP contribution in [0.15, 0.2) is 48.5 Å². The molecule has 5 heteroatoms. The Morgan fingerprint density at radius 3 is 2.34 bits per heavy atom. The maximum absolute atomic E-state index is 12.7. The fourth-order valence-corrected chi connectivity index (χ4v) is 4.16. The van der Waals surface area contributed by atoms with E-state index in [2.05, 4.69) is 54.4 Å².